The summed E-state index contributed by atoms with van der Waals surface area (Å²) >= 11 is 0.149. The van der Waals surface area contributed by atoms with Gasteiger partial charge in [-0.1, -0.05) is 42.1 Å². The van der Waals surface area contributed by atoms with Crippen molar-refractivity contribution < 1.29 is 19.7 Å². The van der Waals surface area contributed by atoms with Crippen molar-refractivity contribution >= 4 is 33.3 Å². The molecule has 0 unspecified atom stereocenters. The normalized spacial score (nSPS) is 11.3. The maximum absolute atomic E-state index is 11.8. The van der Waals surface area contributed by atoms with Crippen LogP contribution in [0.2, 0.25) is 8.87 Å². The minimum Gasteiger partial charge on any atom is -0.872 e. The van der Waals surface area contributed by atoms with Gasteiger partial charge in [0.2, 0.25) is 0 Å². The van der Waals surface area contributed by atoms with Crippen LogP contribution in [0.5, 0.6) is 11.5 Å². The Labute approximate surface area is 196 Å². The molecule has 0 saturated carbocycles. The van der Waals surface area contributed by atoms with Crippen molar-refractivity contribution in [1.82, 2.24) is 0 Å². The number of rotatable bonds is 12. The molecule has 0 bridgehead atoms. The molecule has 0 aliphatic carbocycles. The predicted molar refractivity (Wildman–Crippen MR) is 124 cm³/mol. The van der Waals surface area contributed by atoms with Crippen LogP contribution in [-0.4, -0.2) is 46.5 Å². The molecule has 166 valence electrons. The van der Waals surface area contributed by atoms with Crippen molar-refractivity contribution in [2.24, 2.45) is 4.99 Å². The smallest absolute Gasteiger partial charge is 0.118 e. The molecule has 0 aliphatic rings. The van der Waals surface area contributed by atoms with Crippen molar-refractivity contribution in [3.05, 3.63) is 59.7 Å². The van der Waals surface area contributed by atoms with E-state index >= 15 is 0 Å². The van der Waals surface area contributed by atoms with Gasteiger partial charge in [-0.3, -0.25) is 4.99 Å². The van der Waals surface area contributed by atoms with E-state index in [1.807, 2.05) is 30.3 Å². The second kappa shape index (κ2) is 16.6. The van der Waals surface area contributed by atoms with Crippen molar-refractivity contribution in [2.45, 2.75) is 60.9 Å². The standard InChI is InChI=1S/C17H17NO4.2C4H9.Sn/c1-22-14-8-7-13(16(19)10-14)11-18-15(17(20)21)9-12-5-3-2-4-6-12;2*1-3-4-2;/h2-8,10-11,15,19H,9H2,1H3,(H,20,21);2*1,3-4H2,2H3;/q;;;+2/p-2/t15-;;;/m0.../s1. The summed E-state index contributed by atoms with van der Waals surface area (Å²) in [6.07, 6.45) is 7.32. The monoisotopic (exact) mass is 531 g/mol. The van der Waals surface area contributed by atoms with E-state index in [-0.39, 0.29) is 33.3 Å². The summed E-state index contributed by atoms with van der Waals surface area (Å²) in [6.45, 7) is 4.58. The Kier molecular flexibility index (Phi) is 14.5. The van der Waals surface area contributed by atoms with E-state index in [1.54, 1.807) is 21.0 Å². The third kappa shape index (κ3) is 11.8. The molecule has 2 rings (SSSR count). The molecule has 0 amide bonds. The minimum absolute atomic E-state index is 0.149. The van der Waals surface area contributed by atoms with Crippen molar-refractivity contribution in [2.75, 3.05) is 7.11 Å². The van der Waals surface area contributed by atoms with E-state index in [0.29, 0.717) is 11.3 Å². The molecule has 0 heterocycles. The average Bonchev–Trinajstić information content (AvgIpc) is 2.78. The Morgan fingerprint density at radius 3 is 2.26 bits per heavy atom. The number of hydrogen-bond donors (Lipinski definition) is 0. The van der Waals surface area contributed by atoms with E-state index < -0.39 is 12.0 Å². The first-order chi connectivity index (χ1) is 15.0. The number of benzene rings is 2. The summed E-state index contributed by atoms with van der Waals surface area (Å²) in [6, 6.07) is 12.6. The number of carboxylic acids is 1. The van der Waals surface area contributed by atoms with Crippen LogP contribution in [0, 0.1) is 0 Å². The van der Waals surface area contributed by atoms with Gasteiger partial charge in [0.05, 0.1) is 19.1 Å². The molecule has 0 N–H and O–H groups in total. The van der Waals surface area contributed by atoms with Gasteiger partial charge in [0.1, 0.15) is 5.75 Å². The molecule has 2 aromatic rings. The third-order valence-corrected chi connectivity index (χ3v) is 8.61. The average molecular weight is 530 g/mol. The van der Waals surface area contributed by atoms with Gasteiger partial charge in [0.25, 0.3) is 0 Å². The number of methoxy groups -OCH3 is 1. The predicted octanol–water partition coefficient (Wildman–Crippen LogP) is 3.68. The first-order valence-electron chi connectivity index (χ1n) is 10.9. The van der Waals surface area contributed by atoms with Gasteiger partial charge in [0, 0.05) is 12.6 Å². The zero-order chi connectivity index (χ0) is 22.9. The topological polar surface area (TPSA) is 84.8 Å². The Hall–Kier alpha value is -2.02. The second-order valence-corrected chi connectivity index (χ2v) is 11.4. The molecule has 5 nitrogen and oxygen atoms in total. The van der Waals surface area contributed by atoms with Crippen LogP contribution in [0.1, 0.15) is 50.7 Å². The van der Waals surface area contributed by atoms with Crippen LogP contribution in [0.25, 0.3) is 0 Å². The first kappa shape index (κ1) is 27.0. The number of hydrogen-bond acceptors (Lipinski definition) is 5. The van der Waals surface area contributed by atoms with Gasteiger partial charge in [-0.25, -0.2) is 0 Å². The van der Waals surface area contributed by atoms with E-state index in [9.17, 15) is 15.0 Å². The molecule has 0 fully saturated rings. The van der Waals surface area contributed by atoms with Crippen LogP contribution in [0.15, 0.2) is 53.5 Å². The van der Waals surface area contributed by atoms with Gasteiger partial charge < -0.3 is 19.7 Å². The SMILES string of the molecule is CCC[CH2][Sn+2][CH2]CCC.COc1ccc(C=N[C@@H](Cc2ccccc2)C(=O)[O-])c([O-])c1. The van der Waals surface area contributed by atoms with E-state index in [1.165, 1.54) is 45.1 Å². The van der Waals surface area contributed by atoms with Crippen LogP contribution >= 0.6 is 0 Å². The number of carboxylic acid groups (broad SMARTS) is 1. The third-order valence-electron chi connectivity index (χ3n) is 4.57. The van der Waals surface area contributed by atoms with Crippen LogP contribution in [0.3, 0.4) is 0 Å². The molecule has 0 aliphatic heterocycles. The molecule has 6 heteroatoms. The number of ether oxygens (including phenoxy) is 1. The molecule has 1 atom stereocenters. The number of carbonyl (C=O) groups excluding carboxylic acids is 1. The molecule has 2 aromatic carbocycles. The maximum atomic E-state index is 11.8. The van der Waals surface area contributed by atoms with Crippen molar-refractivity contribution in [3.8, 4) is 11.5 Å². The summed E-state index contributed by atoms with van der Waals surface area (Å²) in [7, 11) is 1.47. The Bertz CT molecular complexity index is 774. The van der Waals surface area contributed by atoms with Crippen molar-refractivity contribution in [1.29, 1.82) is 0 Å². The van der Waals surface area contributed by atoms with Gasteiger partial charge in [-0.05, 0) is 23.3 Å². The second-order valence-electron chi connectivity index (χ2n) is 7.16. The largest absolute Gasteiger partial charge is 0.872 e. The number of aliphatic imine (C=N–C) groups is 1. The number of carbonyl (C=O) groups is 1. The quantitative estimate of drug-likeness (QED) is 0.238. The zero-order valence-corrected chi connectivity index (χ0v) is 21.7. The van der Waals surface area contributed by atoms with Crippen LogP contribution < -0.4 is 14.9 Å². The van der Waals surface area contributed by atoms with E-state index in [2.05, 4.69) is 18.8 Å². The first-order valence-corrected chi connectivity index (χ1v) is 14.9. The Morgan fingerprint density at radius 1 is 1.10 bits per heavy atom. The van der Waals surface area contributed by atoms with Crippen LogP contribution in [0.4, 0.5) is 0 Å². The maximum Gasteiger partial charge on any atom is 0.118 e. The minimum atomic E-state index is -1.28. The van der Waals surface area contributed by atoms with E-state index in [0.717, 1.165) is 5.56 Å². The van der Waals surface area contributed by atoms with E-state index in [4.69, 9.17) is 4.74 Å². The molecule has 0 spiro atoms. The fourth-order valence-electron chi connectivity index (χ4n) is 2.68. The van der Waals surface area contributed by atoms with Gasteiger partial charge in [-0.15, -0.1) is 0 Å². The summed E-state index contributed by atoms with van der Waals surface area (Å²) in [4.78, 5) is 15.2. The fourth-order valence-corrected chi connectivity index (χ4v) is 6.84. The summed E-state index contributed by atoms with van der Waals surface area (Å²) in [5, 5.41) is 23.0. The number of unbranched alkanes of at least 4 members (excludes halogenated alkanes) is 2. The fraction of sp³-hybridized carbons (Fsp3) is 0.440. The molecular formula is C25H33NO4Sn. The number of nitrogens with zero attached hydrogens (tertiary/aromatic N) is 1. The zero-order valence-electron chi connectivity index (χ0n) is 18.8. The molecular weight excluding hydrogens is 497 g/mol. The molecule has 0 aromatic heterocycles. The molecule has 0 saturated heterocycles. The Morgan fingerprint density at radius 2 is 1.74 bits per heavy atom. The summed E-state index contributed by atoms with van der Waals surface area (Å²) < 4.78 is 8.19. The van der Waals surface area contributed by atoms with Gasteiger partial charge in [-0.2, -0.15) is 0 Å². The van der Waals surface area contributed by atoms with Crippen LogP contribution in [-0.2, 0) is 11.2 Å². The summed E-state index contributed by atoms with van der Waals surface area (Å²) in [5.74, 6) is -1.11. The van der Waals surface area contributed by atoms with Gasteiger partial charge >= 0.3 is 69.5 Å². The molecule has 31 heavy (non-hydrogen) atoms. The Balaban J connectivity index is 0.000000452. The number of aliphatic carboxylic acids is 1. The summed E-state index contributed by atoms with van der Waals surface area (Å²) in [5.41, 5.74) is 1.14. The van der Waals surface area contributed by atoms with Crippen molar-refractivity contribution in [3.63, 3.8) is 0 Å². The molecule has 0 radical (unpaired) electrons. The van der Waals surface area contributed by atoms with Gasteiger partial charge in [0.15, 0.2) is 0 Å².